The van der Waals surface area contributed by atoms with Gasteiger partial charge in [0, 0.05) is 12.0 Å². The number of ether oxygens (including phenoxy) is 1. The highest BCUT2D eigenvalue weighted by molar-refractivity contribution is 7.20. The first-order chi connectivity index (χ1) is 8.60. The normalized spacial score (nSPS) is 10.4. The van der Waals surface area contributed by atoms with Crippen LogP contribution in [0.15, 0.2) is 30.3 Å². The molecule has 0 bridgehead atoms. The van der Waals surface area contributed by atoms with Crippen molar-refractivity contribution in [3.8, 4) is 5.75 Å². The van der Waals surface area contributed by atoms with Gasteiger partial charge in [0.1, 0.15) is 10.1 Å². The number of hydrogen-bond acceptors (Lipinski definition) is 3. The maximum atomic E-state index is 12.0. The number of Topliss-reactive ketones (excluding diaryl/α,β-unsaturated/α-hetero) is 1. The van der Waals surface area contributed by atoms with Gasteiger partial charge in [0.15, 0.2) is 5.78 Å². The molecule has 0 spiro atoms. The van der Waals surface area contributed by atoms with Crippen LogP contribution in [0, 0.1) is 0 Å². The molecule has 0 atom stereocenters. The van der Waals surface area contributed by atoms with Crippen molar-refractivity contribution in [1.82, 2.24) is 0 Å². The zero-order valence-electron chi connectivity index (χ0n) is 9.57. The van der Waals surface area contributed by atoms with Crippen LogP contribution in [0.5, 0.6) is 5.75 Å². The van der Waals surface area contributed by atoms with Crippen LogP contribution in [0.2, 0.25) is 8.67 Å². The Morgan fingerprint density at radius 3 is 2.44 bits per heavy atom. The second kappa shape index (κ2) is 5.74. The van der Waals surface area contributed by atoms with Crippen LogP contribution in [-0.4, -0.2) is 12.9 Å². The molecule has 0 N–H and O–H groups in total. The number of methoxy groups -OCH3 is 1. The average molecular weight is 301 g/mol. The van der Waals surface area contributed by atoms with Crippen LogP contribution in [-0.2, 0) is 6.42 Å². The van der Waals surface area contributed by atoms with Gasteiger partial charge in [-0.05, 0) is 23.8 Å². The van der Waals surface area contributed by atoms with Crippen LogP contribution in [0.1, 0.15) is 15.9 Å². The van der Waals surface area contributed by atoms with E-state index in [1.165, 1.54) is 11.3 Å². The summed E-state index contributed by atoms with van der Waals surface area (Å²) in [5, 5.41) is 0. The molecule has 0 fully saturated rings. The lowest BCUT2D eigenvalue weighted by Gasteiger charge is -2.02. The molecule has 2 nitrogen and oxygen atoms in total. The standard InChI is InChI=1S/C13H10Cl2O2S/c1-17-9-4-2-8(3-5-9)6-11(16)10-7-12(14)18-13(10)15/h2-5,7H,6H2,1H3. The zero-order chi connectivity index (χ0) is 13.1. The van der Waals surface area contributed by atoms with Crippen LogP contribution in [0.25, 0.3) is 0 Å². The van der Waals surface area contributed by atoms with Crippen LogP contribution in [0.4, 0.5) is 0 Å². The van der Waals surface area contributed by atoms with E-state index in [2.05, 4.69) is 0 Å². The van der Waals surface area contributed by atoms with E-state index in [1.807, 2.05) is 24.3 Å². The van der Waals surface area contributed by atoms with Gasteiger partial charge < -0.3 is 4.74 Å². The summed E-state index contributed by atoms with van der Waals surface area (Å²) in [6.45, 7) is 0. The molecule has 18 heavy (non-hydrogen) atoms. The number of benzene rings is 1. The molecule has 0 aliphatic rings. The zero-order valence-corrected chi connectivity index (χ0v) is 11.9. The third kappa shape index (κ3) is 3.05. The van der Waals surface area contributed by atoms with Crippen molar-refractivity contribution >= 4 is 40.3 Å². The third-order valence-corrected chi connectivity index (χ3v) is 3.97. The molecule has 0 unspecified atom stereocenters. The fourth-order valence-electron chi connectivity index (χ4n) is 1.55. The predicted octanol–water partition coefficient (Wildman–Crippen LogP) is 4.49. The van der Waals surface area contributed by atoms with Crippen molar-refractivity contribution in [2.45, 2.75) is 6.42 Å². The van der Waals surface area contributed by atoms with E-state index in [0.29, 0.717) is 20.7 Å². The van der Waals surface area contributed by atoms with E-state index in [1.54, 1.807) is 13.2 Å². The Kier molecular flexibility index (Phi) is 4.27. The maximum Gasteiger partial charge on any atom is 0.169 e. The quantitative estimate of drug-likeness (QED) is 0.778. The summed E-state index contributed by atoms with van der Waals surface area (Å²) in [7, 11) is 1.60. The molecule has 1 aromatic carbocycles. The molecule has 94 valence electrons. The first-order valence-corrected chi connectivity index (χ1v) is 6.78. The van der Waals surface area contributed by atoms with Crippen LogP contribution >= 0.6 is 34.5 Å². The first-order valence-electron chi connectivity index (χ1n) is 5.21. The van der Waals surface area contributed by atoms with E-state index in [0.717, 1.165) is 11.3 Å². The lowest BCUT2D eigenvalue weighted by molar-refractivity contribution is 0.0993. The van der Waals surface area contributed by atoms with Gasteiger partial charge in [-0.2, -0.15) is 0 Å². The summed E-state index contributed by atoms with van der Waals surface area (Å²) in [6.07, 6.45) is 0.302. The Bertz CT molecular complexity index is 561. The molecule has 0 saturated heterocycles. The fraction of sp³-hybridized carbons (Fsp3) is 0.154. The lowest BCUT2D eigenvalue weighted by Crippen LogP contribution is -2.02. The highest BCUT2D eigenvalue weighted by Gasteiger charge is 2.14. The predicted molar refractivity (Wildman–Crippen MR) is 75.4 cm³/mol. The molecule has 0 radical (unpaired) electrons. The largest absolute Gasteiger partial charge is 0.497 e. The first kappa shape index (κ1) is 13.4. The van der Waals surface area contributed by atoms with Gasteiger partial charge in [-0.3, -0.25) is 4.79 Å². The number of hydrogen-bond donors (Lipinski definition) is 0. The molecule has 2 rings (SSSR count). The van der Waals surface area contributed by atoms with E-state index in [4.69, 9.17) is 27.9 Å². The minimum atomic E-state index is -0.0340. The molecule has 5 heteroatoms. The molecule has 0 aliphatic carbocycles. The SMILES string of the molecule is COc1ccc(CC(=O)c2cc(Cl)sc2Cl)cc1. The number of carbonyl (C=O) groups excluding carboxylic acids is 1. The second-order valence-corrected chi connectivity index (χ2v) is 5.97. The van der Waals surface area contributed by atoms with Crippen molar-refractivity contribution in [3.63, 3.8) is 0 Å². The smallest absolute Gasteiger partial charge is 0.169 e. The number of carbonyl (C=O) groups is 1. The van der Waals surface area contributed by atoms with E-state index in [9.17, 15) is 4.79 Å². The van der Waals surface area contributed by atoms with E-state index >= 15 is 0 Å². The van der Waals surface area contributed by atoms with Gasteiger partial charge in [0.25, 0.3) is 0 Å². The van der Waals surface area contributed by atoms with Crippen molar-refractivity contribution < 1.29 is 9.53 Å². The summed E-state index contributed by atoms with van der Waals surface area (Å²) < 4.78 is 6.03. The van der Waals surface area contributed by atoms with Crippen molar-refractivity contribution in [1.29, 1.82) is 0 Å². The molecule has 1 heterocycles. The van der Waals surface area contributed by atoms with Crippen molar-refractivity contribution in [2.24, 2.45) is 0 Å². The molecule has 2 aromatic rings. The molecule has 1 aromatic heterocycles. The van der Waals surface area contributed by atoms with Gasteiger partial charge >= 0.3 is 0 Å². The summed E-state index contributed by atoms with van der Waals surface area (Å²) in [5.41, 5.74) is 1.40. The van der Waals surface area contributed by atoms with E-state index < -0.39 is 0 Å². The minimum absolute atomic E-state index is 0.0340. The maximum absolute atomic E-state index is 12.0. The molecular weight excluding hydrogens is 291 g/mol. The second-order valence-electron chi connectivity index (χ2n) is 3.69. The Labute approximate surface area is 119 Å². The highest BCUT2D eigenvalue weighted by Crippen LogP contribution is 2.32. The Balaban J connectivity index is 2.13. The Morgan fingerprint density at radius 1 is 1.28 bits per heavy atom. The number of ketones is 1. The third-order valence-electron chi connectivity index (χ3n) is 2.48. The number of thiophene rings is 1. The topological polar surface area (TPSA) is 26.3 Å². The molecule has 0 aliphatic heterocycles. The average Bonchev–Trinajstić information content (AvgIpc) is 2.69. The highest BCUT2D eigenvalue weighted by atomic mass is 35.5. The summed E-state index contributed by atoms with van der Waals surface area (Å²) in [4.78, 5) is 12.0. The summed E-state index contributed by atoms with van der Waals surface area (Å²) in [6, 6.07) is 8.98. The van der Waals surface area contributed by atoms with Gasteiger partial charge in [0.2, 0.25) is 0 Å². The van der Waals surface area contributed by atoms with Crippen LogP contribution in [0.3, 0.4) is 0 Å². The van der Waals surface area contributed by atoms with Crippen molar-refractivity contribution in [2.75, 3.05) is 7.11 Å². The Morgan fingerprint density at radius 2 is 1.94 bits per heavy atom. The molecule has 0 saturated carbocycles. The minimum Gasteiger partial charge on any atom is -0.497 e. The van der Waals surface area contributed by atoms with Crippen molar-refractivity contribution in [3.05, 3.63) is 50.1 Å². The fourth-order valence-corrected chi connectivity index (χ4v) is 3.05. The van der Waals surface area contributed by atoms with Gasteiger partial charge in [0.05, 0.1) is 11.4 Å². The number of halogens is 2. The molecular formula is C13H10Cl2O2S. The van der Waals surface area contributed by atoms with Crippen LogP contribution < -0.4 is 4.74 Å². The monoisotopic (exact) mass is 300 g/mol. The number of rotatable bonds is 4. The summed E-state index contributed by atoms with van der Waals surface area (Å²) in [5.74, 6) is 0.733. The summed E-state index contributed by atoms with van der Waals surface area (Å²) >= 11 is 13.0. The Hall–Kier alpha value is -1.03. The van der Waals surface area contributed by atoms with Gasteiger partial charge in [-0.1, -0.05) is 35.3 Å². The van der Waals surface area contributed by atoms with E-state index in [-0.39, 0.29) is 5.78 Å². The van der Waals surface area contributed by atoms with Gasteiger partial charge in [-0.15, -0.1) is 11.3 Å². The molecule has 0 amide bonds. The van der Waals surface area contributed by atoms with Gasteiger partial charge in [-0.25, -0.2) is 0 Å². The lowest BCUT2D eigenvalue weighted by atomic mass is 10.1.